The first-order valence-electron chi connectivity index (χ1n) is 8.91. The molecule has 28 heavy (non-hydrogen) atoms. The van der Waals surface area contributed by atoms with Crippen molar-refractivity contribution in [1.82, 2.24) is 9.99 Å². The summed E-state index contributed by atoms with van der Waals surface area (Å²) in [5, 5.41) is 4.12. The number of methoxy groups -OCH3 is 1. The van der Waals surface area contributed by atoms with Crippen molar-refractivity contribution in [1.29, 1.82) is 0 Å². The molecule has 1 aromatic heterocycles. The first kappa shape index (κ1) is 19.8. The molecule has 1 heterocycles. The fraction of sp³-hybridized carbons (Fsp3) is 0.182. The van der Waals surface area contributed by atoms with Gasteiger partial charge in [-0.1, -0.05) is 18.2 Å². The van der Waals surface area contributed by atoms with E-state index in [0.29, 0.717) is 5.75 Å². The van der Waals surface area contributed by atoms with Gasteiger partial charge in [0.1, 0.15) is 5.75 Å². The van der Waals surface area contributed by atoms with Crippen LogP contribution in [-0.2, 0) is 4.79 Å². The maximum atomic E-state index is 12.0. The third-order valence-electron chi connectivity index (χ3n) is 4.31. The fourth-order valence-corrected chi connectivity index (χ4v) is 3.61. The number of carbonyl (C=O) groups is 1. The molecule has 6 heteroatoms. The van der Waals surface area contributed by atoms with Crippen LogP contribution in [0.3, 0.4) is 0 Å². The number of rotatable bonds is 7. The number of para-hydroxylation sites is 1. The molecule has 0 unspecified atom stereocenters. The lowest BCUT2D eigenvalue weighted by Gasteiger charge is -2.08. The Bertz CT molecular complexity index is 963. The number of hydrogen-bond donors (Lipinski definition) is 1. The van der Waals surface area contributed by atoms with Gasteiger partial charge < -0.3 is 9.30 Å². The van der Waals surface area contributed by atoms with Crippen molar-refractivity contribution in [2.45, 2.75) is 18.7 Å². The minimum absolute atomic E-state index is 0.145. The predicted molar refractivity (Wildman–Crippen MR) is 115 cm³/mol. The molecule has 0 fully saturated rings. The lowest BCUT2D eigenvalue weighted by Crippen LogP contribution is -2.19. The van der Waals surface area contributed by atoms with Gasteiger partial charge >= 0.3 is 0 Å². The van der Waals surface area contributed by atoms with Crippen LogP contribution in [0, 0.1) is 13.8 Å². The molecule has 3 aromatic rings. The van der Waals surface area contributed by atoms with Crippen LogP contribution in [0.5, 0.6) is 5.75 Å². The molecule has 0 aliphatic carbocycles. The van der Waals surface area contributed by atoms with Crippen LogP contribution in [0.25, 0.3) is 5.69 Å². The van der Waals surface area contributed by atoms with Gasteiger partial charge in [0, 0.05) is 27.5 Å². The van der Waals surface area contributed by atoms with Crippen molar-refractivity contribution in [2.75, 3.05) is 12.9 Å². The van der Waals surface area contributed by atoms with Gasteiger partial charge in [-0.05, 0) is 56.3 Å². The van der Waals surface area contributed by atoms with E-state index in [1.54, 1.807) is 13.3 Å². The van der Waals surface area contributed by atoms with Gasteiger partial charge in [-0.3, -0.25) is 4.79 Å². The quantitative estimate of drug-likeness (QED) is 0.369. The Morgan fingerprint density at radius 2 is 1.86 bits per heavy atom. The van der Waals surface area contributed by atoms with Gasteiger partial charge in [0.05, 0.1) is 19.1 Å². The maximum absolute atomic E-state index is 12.0. The van der Waals surface area contributed by atoms with E-state index in [1.165, 1.54) is 11.8 Å². The third-order valence-corrected chi connectivity index (χ3v) is 5.32. The summed E-state index contributed by atoms with van der Waals surface area (Å²) in [6.45, 7) is 4.10. The van der Waals surface area contributed by atoms with Crippen LogP contribution in [0.2, 0.25) is 0 Å². The standard InChI is InChI=1S/C22H23N3O2S/c1-16-13-18(17(2)25(16)19-7-5-4-6-8-19)14-23-24-22(26)15-28-21-11-9-20(27-3)10-12-21/h4-14H,15H2,1-3H3,(H,24,26)/b23-14+. The number of thioether (sulfide) groups is 1. The Labute approximate surface area is 169 Å². The highest BCUT2D eigenvalue weighted by molar-refractivity contribution is 8.00. The summed E-state index contributed by atoms with van der Waals surface area (Å²) in [4.78, 5) is 13.0. The molecule has 0 saturated carbocycles. The van der Waals surface area contributed by atoms with E-state index >= 15 is 0 Å². The van der Waals surface area contributed by atoms with Crippen molar-refractivity contribution in [3.63, 3.8) is 0 Å². The summed E-state index contributed by atoms with van der Waals surface area (Å²) < 4.78 is 7.30. The van der Waals surface area contributed by atoms with Crippen molar-refractivity contribution in [3.8, 4) is 11.4 Å². The number of hydrazone groups is 1. The zero-order chi connectivity index (χ0) is 19.9. The van der Waals surface area contributed by atoms with Crippen LogP contribution in [-0.4, -0.2) is 29.6 Å². The lowest BCUT2D eigenvalue weighted by atomic mass is 10.2. The van der Waals surface area contributed by atoms with Gasteiger partial charge in [0.2, 0.25) is 5.91 Å². The number of aryl methyl sites for hydroxylation is 1. The fourth-order valence-electron chi connectivity index (χ4n) is 2.92. The van der Waals surface area contributed by atoms with Crippen molar-refractivity contribution in [2.24, 2.45) is 5.10 Å². The van der Waals surface area contributed by atoms with E-state index in [0.717, 1.165) is 33.3 Å². The third kappa shape index (κ3) is 4.84. The number of carbonyl (C=O) groups excluding carboxylic acids is 1. The number of benzene rings is 2. The largest absolute Gasteiger partial charge is 0.497 e. The Morgan fingerprint density at radius 3 is 2.54 bits per heavy atom. The van der Waals surface area contributed by atoms with E-state index < -0.39 is 0 Å². The Morgan fingerprint density at radius 1 is 1.14 bits per heavy atom. The van der Waals surface area contributed by atoms with Crippen molar-refractivity contribution >= 4 is 23.9 Å². The average Bonchev–Trinajstić information content (AvgIpc) is 3.00. The molecule has 0 aliphatic rings. The molecule has 1 amide bonds. The number of aromatic nitrogens is 1. The number of ether oxygens (including phenoxy) is 1. The zero-order valence-corrected chi connectivity index (χ0v) is 17.0. The second kappa shape index (κ2) is 9.28. The first-order valence-corrected chi connectivity index (χ1v) is 9.90. The normalized spacial score (nSPS) is 11.0. The van der Waals surface area contributed by atoms with Gasteiger partial charge in [0.15, 0.2) is 0 Å². The average molecular weight is 394 g/mol. The highest BCUT2D eigenvalue weighted by Gasteiger charge is 2.09. The summed E-state index contributed by atoms with van der Waals surface area (Å²) in [6, 6.07) is 19.8. The molecule has 5 nitrogen and oxygen atoms in total. The van der Waals surface area contributed by atoms with Crippen LogP contribution >= 0.6 is 11.8 Å². The highest BCUT2D eigenvalue weighted by atomic mass is 32.2. The van der Waals surface area contributed by atoms with Gasteiger partial charge in [-0.15, -0.1) is 11.8 Å². The van der Waals surface area contributed by atoms with Crippen LogP contribution in [0.15, 0.2) is 70.7 Å². The second-order valence-electron chi connectivity index (χ2n) is 6.25. The molecule has 3 rings (SSSR count). The molecule has 144 valence electrons. The SMILES string of the molecule is COc1ccc(SCC(=O)N/N=C/c2cc(C)n(-c3ccccc3)c2C)cc1. The summed E-state index contributed by atoms with van der Waals surface area (Å²) in [7, 11) is 1.63. The van der Waals surface area contributed by atoms with Crippen molar-refractivity contribution in [3.05, 3.63) is 77.6 Å². The van der Waals surface area contributed by atoms with Crippen molar-refractivity contribution < 1.29 is 9.53 Å². The van der Waals surface area contributed by atoms with Gasteiger partial charge in [0.25, 0.3) is 0 Å². The van der Waals surface area contributed by atoms with Gasteiger partial charge in [-0.25, -0.2) is 5.43 Å². The van der Waals surface area contributed by atoms with E-state index in [1.807, 2.05) is 49.4 Å². The molecule has 0 radical (unpaired) electrons. The van der Waals surface area contributed by atoms with Crippen LogP contribution in [0.1, 0.15) is 17.0 Å². The van der Waals surface area contributed by atoms with E-state index in [4.69, 9.17) is 4.74 Å². The molecular formula is C22H23N3O2S. The Hall–Kier alpha value is -2.99. The monoisotopic (exact) mass is 393 g/mol. The van der Waals surface area contributed by atoms with E-state index in [-0.39, 0.29) is 5.91 Å². The molecule has 2 aromatic carbocycles. The number of amides is 1. The van der Waals surface area contributed by atoms with Gasteiger partial charge in [-0.2, -0.15) is 5.10 Å². The zero-order valence-electron chi connectivity index (χ0n) is 16.2. The molecule has 0 spiro atoms. The maximum Gasteiger partial charge on any atom is 0.250 e. The smallest absolute Gasteiger partial charge is 0.250 e. The lowest BCUT2D eigenvalue weighted by molar-refractivity contribution is -0.118. The minimum atomic E-state index is -0.145. The summed E-state index contributed by atoms with van der Waals surface area (Å²) in [5.74, 6) is 0.952. The molecular weight excluding hydrogens is 370 g/mol. The molecule has 1 N–H and O–H groups in total. The topological polar surface area (TPSA) is 55.6 Å². The second-order valence-corrected chi connectivity index (χ2v) is 7.30. The molecule has 0 atom stereocenters. The van der Waals surface area contributed by atoms with E-state index in [9.17, 15) is 4.79 Å². The van der Waals surface area contributed by atoms with Crippen LogP contribution in [0.4, 0.5) is 0 Å². The summed E-state index contributed by atoms with van der Waals surface area (Å²) in [6.07, 6.45) is 1.69. The number of nitrogens with one attached hydrogen (secondary N) is 1. The Kier molecular flexibility index (Phi) is 6.55. The Balaban J connectivity index is 1.57. The number of hydrogen-bond acceptors (Lipinski definition) is 4. The molecule has 0 saturated heterocycles. The summed E-state index contributed by atoms with van der Waals surface area (Å²) >= 11 is 1.46. The van der Waals surface area contributed by atoms with Crippen LogP contribution < -0.4 is 10.2 Å². The first-order chi connectivity index (χ1) is 13.6. The predicted octanol–water partition coefficient (Wildman–Crippen LogP) is 4.35. The van der Waals surface area contributed by atoms with E-state index in [2.05, 4.69) is 40.2 Å². The minimum Gasteiger partial charge on any atom is -0.497 e. The molecule has 0 bridgehead atoms. The highest BCUT2D eigenvalue weighted by Crippen LogP contribution is 2.21. The number of nitrogens with zero attached hydrogens (tertiary/aromatic N) is 2. The molecule has 0 aliphatic heterocycles. The summed E-state index contributed by atoms with van der Waals surface area (Å²) in [5.41, 5.74) is 6.88.